The SMILES string of the molecule is O=C(N/N=C\c1ccc(OC(=O)c2ccc3nc(-c4ccccc4)c(-c4ccccc4)nc3c2)cc1)c1cccc(Cl)c1. The summed E-state index contributed by atoms with van der Waals surface area (Å²) in [5, 5.41) is 4.45. The number of carbonyl (C=O) groups is 2. The van der Waals surface area contributed by atoms with Crippen LogP contribution in [0.1, 0.15) is 26.3 Å². The summed E-state index contributed by atoms with van der Waals surface area (Å²) in [6.45, 7) is 0. The van der Waals surface area contributed by atoms with Gasteiger partial charge in [-0.2, -0.15) is 5.10 Å². The van der Waals surface area contributed by atoms with E-state index in [2.05, 4.69) is 10.5 Å². The topological polar surface area (TPSA) is 93.5 Å². The molecule has 5 aromatic carbocycles. The van der Waals surface area contributed by atoms with E-state index >= 15 is 0 Å². The van der Waals surface area contributed by atoms with Crippen LogP contribution in [-0.4, -0.2) is 28.1 Å². The number of hydrazone groups is 1. The molecule has 43 heavy (non-hydrogen) atoms. The Morgan fingerprint density at radius 3 is 1.98 bits per heavy atom. The molecule has 1 amide bonds. The molecule has 6 rings (SSSR count). The molecule has 1 aromatic heterocycles. The lowest BCUT2D eigenvalue weighted by Gasteiger charge is -2.11. The average molecular weight is 583 g/mol. The Morgan fingerprint density at radius 1 is 0.674 bits per heavy atom. The van der Waals surface area contributed by atoms with Gasteiger partial charge in [-0.15, -0.1) is 0 Å². The molecule has 6 aromatic rings. The van der Waals surface area contributed by atoms with Crippen molar-refractivity contribution in [1.29, 1.82) is 0 Å². The lowest BCUT2D eigenvalue weighted by atomic mass is 10.0. The fourth-order valence-corrected chi connectivity index (χ4v) is 4.61. The second-order valence-electron chi connectivity index (χ2n) is 9.52. The smallest absolute Gasteiger partial charge is 0.343 e. The first-order valence-corrected chi connectivity index (χ1v) is 13.8. The lowest BCUT2D eigenvalue weighted by Crippen LogP contribution is -2.17. The number of nitrogens with one attached hydrogen (secondary N) is 1. The van der Waals surface area contributed by atoms with Crippen molar-refractivity contribution in [2.45, 2.75) is 0 Å². The summed E-state index contributed by atoms with van der Waals surface area (Å²) in [4.78, 5) is 35.1. The minimum Gasteiger partial charge on any atom is -0.423 e. The number of fused-ring (bicyclic) bond motifs is 1. The van der Waals surface area contributed by atoms with E-state index in [-0.39, 0.29) is 5.91 Å². The van der Waals surface area contributed by atoms with E-state index in [9.17, 15) is 9.59 Å². The minimum absolute atomic E-state index is 0.350. The van der Waals surface area contributed by atoms with Gasteiger partial charge in [-0.3, -0.25) is 4.79 Å². The summed E-state index contributed by atoms with van der Waals surface area (Å²) in [6, 6.07) is 38.2. The number of rotatable bonds is 7. The van der Waals surface area contributed by atoms with Crippen LogP contribution in [0.4, 0.5) is 0 Å². The molecule has 0 aliphatic heterocycles. The standard InChI is InChI=1S/C35H23ClN4O3/c36-28-13-7-12-26(20-28)34(41)40-37-22-23-14-17-29(18-15-23)43-35(42)27-16-19-30-31(21-27)39-33(25-10-5-2-6-11-25)32(38-30)24-8-3-1-4-9-24/h1-22H,(H,40,41)/b37-22-. The Morgan fingerprint density at radius 2 is 1.33 bits per heavy atom. The zero-order valence-corrected chi connectivity index (χ0v) is 23.4. The van der Waals surface area contributed by atoms with Gasteiger partial charge in [-0.25, -0.2) is 20.2 Å². The Bertz CT molecular complexity index is 1960. The molecule has 1 heterocycles. The molecule has 0 aliphatic rings. The number of aromatic nitrogens is 2. The van der Waals surface area contributed by atoms with Gasteiger partial charge in [0.1, 0.15) is 5.75 Å². The molecule has 1 N–H and O–H groups in total. The third-order valence-corrected chi connectivity index (χ3v) is 6.79. The van der Waals surface area contributed by atoms with Crippen LogP contribution < -0.4 is 10.2 Å². The average Bonchev–Trinajstić information content (AvgIpc) is 3.05. The van der Waals surface area contributed by atoms with E-state index in [0.29, 0.717) is 38.5 Å². The summed E-state index contributed by atoms with van der Waals surface area (Å²) < 4.78 is 5.61. The molecule has 7 nitrogen and oxygen atoms in total. The number of hydrogen-bond donors (Lipinski definition) is 1. The maximum atomic E-state index is 13.0. The minimum atomic E-state index is -0.521. The molecular weight excluding hydrogens is 560 g/mol. The largest absolute Gasteiger partial charge is 0.423 e. The molecule has 0 unspecified atom stereocenters. The highest BCUT2D eigenvalue weighted by Crippen LogP contribution is 2.31. The fourth-order valence-electron chi connectivity index (χ4n) is 4.42. The Labute approximate surface area is 252 Å². The molecule has 0 aliphatic carbocycles. The summed E-state index contributed by atoms with van der Waals surface area (Å²) in [5.74, 6) is -0.537. The fraction of sp³-hybridized carbons (Fsp3) is 0. The van der Waals surface area contributed by atoms with Crippen molar-refractivity contribution in [3.63, 3.8) is 0 Å². The quantitative estimate of drug-likeness (QED) is 0.0905. The van der Waals surface area contributed by atoms with E-state index in [0.717, 1.165) is 22.5 Å². The van der Waals surface area contributed by atoms with Crippen molar-refractivity contribution in [2.24, 2.45) is 5.10 Å². The molecule has 0 fully saturated rings. The predicted octanol–water partition coefficient (Wildman–Crippen LogP) is 7.60. The predicted molar refractivity (Wildman–Crippen MR) is 168 cm³/mol. The molecule has 0 spiro atoms. The van der Waals surface area contributed by atoms with Crippen molar-refractivity contribution in [3.8, 4) is 28.3 Å². The van der Waals surface area contributed by atoms with E-state index in [1.165, 1.54) is 6.21 Å². The molecule has 0 saturated carbocycles. The van der Waals surface area contributed by atoms with Gasteiger partial charge in [0, 0.05) is 21.7 Å². The van der Waals surface area contributed by atoms with Crippen LogP contribution >= 0.6 is 11.6 Å². The van der Waals surface area contributed by atoms with Crippen LogP contribution in [0.25, 0.3) is 33.5 Å². The highest BCUT2D eigenvalue weighted by atomic mass is 35.5. The summed E-state index contributed by atoms with van der Waals surface area (Å²) in [7, 11) is 0. The second kappa shape index (κ2) is 12.5. The second-order valence-corrected chi connectivity index (χ2v) is 9.96. The van der Waals surface area contributed by atoms with Gasteiger partial charge in [0.25, 0.3) is 5.91 Å². The van der Waals surface area contributed by atoms with Crippen molar-refractivity contribution < 1.29 is 14.3 Å². The Kier molecular flexibility index (Phi) is 7.97. The van der Waals surface area contributed by atoms with E-state index in [1.54, 1.807) is 66.7 Å². The first kappa shape index (κ1) is 27.5. The number of hydrogen-bond acceptors (Lipinski definition) is 6. The molecule has 0 bridgehead atoms. The van der Waals surface area contributed by atoms with E-state index in [4.69, 9.17) is 26.3 Å². The van der Waals surface area contributed by atoms with Crippen molar-refractivity contribution in [1.82, 2.24) is 15.4 Å². The number of amides is 1. The van der Waals surface area contributed by atoms with Crippen LogP contribution in [0.15, 0.2) is 132 Å². The van der Waals surface area contributed by atoms with Gasteiger partial charge in [-0.1, -0.05) is 78.3 Å². The number of benzene rings is 5. The monoisotopic (exact) mass is 582 g/mol. The van der Waals surface area contributed by atoms with Crippen LogP contribution in [0.2, 0.25) is 5.02 Å². The van der Waals surface area contributed by atoms with Gasteiger partial charge in [-0.05, 0) is 66.2 Å². The van der Waals surface area contributed by atoms with Gasteiger partial charge < -0.3 is 4.74 Å². The molecule has 0 radical (unpaired) electrons. The summed E-state index contributed by atoms with van der Waals surface area (Å²) in [6.07, 6.45) is 1.49. The zero-order chi connectivity index (χ0) is 29.6. The summed E-state index contributed by atoms with van der Waals surface area (Å²) >= 11 is 5.93. The van der Waals surface area contributed by atoms with E-state index in [1.807, 2.05) is 60.7 Å². The van der Waals surface area contributed by atoms with Crippen molar-refractivity contribution in [2.75, 3.05) is 0 Å². The van der Waals surface area contributed by atoms with E-state index < -0.39 is 5.97 Å². The molecule has 0 saturated heterocycles. The van der Waals surface area contributed by atoms with Gasteiger partial charge in [0.2, 0.25) is 0 Å². The highest BCUT2D eigenvalue weighted by molar-refractivity contribution is 6.31. The summed E-state index contributed by atoms with van der Waals surface area (Å²) in [5.41, 5.74) is 8.54. The molecule has 8 heteroatoms. The molecule has 208 valence electrons. The Balaban J connectivity index is 1.18. The first-order valence-electron chi connectivity index (χ1n) is 13.4. The van der Waals surface area contributed by atoms with Crippen LogP contribution in [0.3, 0.4) is 0 Å². The number of nitrogens with zero attached hydrogens (tertiary/aromatic N) is 3. The zero-order valence-electron chi connectivity index (χ0n) is 22.6. The van der Waals surface area contributed by atoms with Crippen LogP contribution in [0.5, 0.6) is 5.75 Å². The van der Waals surface area contributed by atoms with Gasteiger partial charge in [0.05, 0.1) is 34.2 Å². The van der Waals surface area contributed by atoms with Gasteiger partial charge >= 0.3 is 5.97 Å². The van der Waals surface area contributed by atoms with Crippen LogP contribution in [-0.2, 0) is 0 Å². The Hall–Kier alpha value is -5.66. The third-order valence-electron chi connectivity index (χ3n) is 6.55. The molecule has 0 atom stereocenters. The number of ether oxygens (including phenoxy) is 1. The van der Waals surface area contributed by atoms with Crippen molar-refractivity contribution in [3.05, 3.63) is 149 Å². The van der Waals surface area contributed by atoms with Gasteiger partial charge in [0.15, 0.2) is 0 Å². The van der Waals surface area contributed by atoms with Crippen molar-refractivity contribution >= 4 is 40.7 Å². The maximum Gasteiger partial charge on any atom is 0.343 e. The highest BCUT2D eigenvalue weighted by Gasteiger charge is 2.16. The van der Waals surface area contributed by atoms with Crippen LogP contribution in [0, 0.1) is 0 Å². The normalized spacial score (nSPS) is 11.0. The first-order chi connectivity index (χ1) is 21.0. The number of esters is 1. The number of carbonyl (C=O) groups excluding carboxylic acids is 2. The maximum absolute atomic E-state index is 13.0. The number of halogens is 1. The third kappa shape index (κ3) is 6.48. The molecular formula is C35H23ClN4O3. The lowest BCUT2D eigenvalue weighted by molar-refractivity contribution is 0.0734.